The highest BCUT2D eigenvalue weighted by Gasteiger charge is 1.99. The zero-order chi connectivity index (χ0) is 10.6. The standard InChI is InChI=1S/C10H11NO2S/c1-11(13)10(12)7-6-8-4-2-3-5-9(8)14/h2-7,13-14H,1H3/b7-6+. The minimum absolute atomic E-state index is 0.471. The smallest absolute Gasteiger partial charge is 0.269 e. The summed E-state index contributed by atoms with van der Waals surface area (Å²) in [5.74, 6) is -0.471. The van der Waals surface area contributed by atoms with Crippen molar-refractivity contribution >= 4 is 24.6 Å². The van der Waals surface area contributed by atoms with Crippen molar-refractivity contribution in [2.24, 2.45) is 0 Å². The summed E-state index contributed by atoms with van der Waals surface area (Å²) in [5, 5.41) is 9.31. The third-order valence-corrected chi connectivity index (χ3v) is 2.07. The molecular formula is C10H11NO2S. The lowest BCUT2D eigenvalue weighted by Gasteiger charge is -2.03. The second-order valence-electron chi connectivity index (χ2n) is 2.75. The number of nitrogens with zero attached hydrogens (tertiary/aromatic N) is 1. The van der Waals surface area contributed by atoms with E-state index >= 15 is 0 Å². The summed E-state index contributed by atoms with van der Waals surface area (Å²) in [6.07, 6.45) is 2.90. The normalized spacial score (nSPS) is 10.5. The molecule has 4 heteroatoms. The van der Waals surface area contributed by atoms with Gasteiger partial charge >= 0.3 is 0 Å². The highest BCUT2D eigenvalue weighted by molar-refractivity contribution is 7.80. The first-order chi connectivity index (χ1) is 6.61. The van der Waals surface area contributed by atoms with Crippen LogP contribution in [0.15, 0.2) is 35.2 Å². The van der Waals surface area contributed by atoms with Crippen LogP contribution in [0.4, 0.5) is 0 Å². The molecule has 0 atom stereocenters. The number of hydroxylamine groups is 2. The van der Waals surface area contributed by atoms with E-state index in [2.05, 4.69) is 12.6 Å². The Bertz CT molecular complexity index is 361. The molecule has 0 saturated heterocycles. The van der Waals surface area contributed by atoms with E-state index in [1.165, 1.54) is 13.1 Å². The molecule has 0 fully saturated rings. The fraction of sp³-hybridized carbons (Fsp3) is 0.100. The van der Waals surface area contributed by atoms with Gasteiger partial charge in [-0.3, -0.25) is 10.0 Å². The summed E-state index contributed by atoms with van der Waals surface area (Å²) in [5.41, 5.74) is 0.839. The third-order valence-electron chi connectivity index (χ3n) is 1.66. The lowest BCUT2D eigenvalue weighted by atomic mass is 10.2. The van der Waals surface area contributed by atoms with Gasteiger partial charge in [0.05, 0.1) is 0 Å². The summed E-state index contributed by atoms with van der Waals surface area (Å²) in [4.78, 5) is 11.8. The average Bonchev–Trinajstić information content (AvgIpc) is 2.16. The van der Waals surface area contributed by atoms with Crippen LogP contribution in [0.25, 0.3) is 6.08 Å². The van der Waals surface area contributed by atoms with Gasteiger partial charge in [0.1, 0.15) is 0 Å². The molecule has 14 heavy (non-hydrogen) atoms. The monoisotopic (exact) mass is 209 g/mol. The molecule has 0 bridgehead atoms. The Kier molecular flexibility index (Phi) is 3.73. The Balaban J connectivity index is 2.79. The summed E-state index contributed by atoms with van der Waals surface area (Å²) in [7, 11) is 1.28. The maximum Gasteiger partial charge on any atom is 0.269 e. The van der Waals surface area contributed by atoms with E-state index in [9.17, 15) is 4.79 Å². The molecule has 1 rings (SSSR count). The molecule has 0 saturated carbocycles. The van der Waals surface area contributed by atoms with Crippen molar-refractivity contribution in [3.05, 3.63) is 35.9 Å². The lowest BCUT2D eigenvalue weighted by Crippen LogP contribution is -2.19. The molecule has 1 aromatic carbocycles. The van der Waals surface area contributed by atoms with E-state index in [0.29, 0.717) is 5.06 Å². The minimum atomic E-state index is -0.471. The Morgan fingerprint density at radius 3 is 2.71 bits per heavy atom. The van der Waals surface area contributed by atoms with Crippen molar-refractivity contribution in [1.82, 2.24) is 5.06 Å². The van der Waals surface area contributed by atoms with Gasteiger partial charge in [-0.15, -0.1) is 12.6 Å². The molecule has 1 amide bonds. The molecule has 0 radical (unpaired) electrons. The number of rotatable bonds is 2. The van der Waals surface area contributed by atoms with Crippen LogP contribution >= 0.6 is 12.6 Å². The van der Waals surface area contributed by atoms with Crippen molar-refractivity contribution in [2.45, 2.75) is 4.90 Å². The first kappa shape index (κ1) is 10.8. The number of hydrogen-bond donors (Lipinski definition) is 2. The first-order valence-corrected chi connectivity index (χ1v) is 4.48. The Morgan fingerprint density at radius 1 is 1.50 bits per heavy atom. The Hall–Kier alpha value is -1.26. The molecule has 74 valence electrons. The van der Waals surface area contributed by atoms with Crippen molar-refractivity contribution in [3.63, 3.8) is 0 Å². The number of thiol groups is 1. The largest absolute Gasteiger partial charge is 0.286 e. The average molecular weight is 209 g/mol. The van der Waals surface area contributed by atoms with Crippen LogP contribution in [0.1, 0.15) is 5.56 Å². The molecule has 1 aromatic rings. The van der Waals surface area contributed by atoms with Crippen molar-refractivity contribution in [2.75, 3.05) is 7.05 Å². The molecular weight excluding hydrogens is 198 g/mol. The fourth-order valence-corrected chi connectivity index (χ4v) is 1.13. The van der Waals surface area contributed by atoms with Crippen LogP contribution in [0.5, 0.6) is 0 Å². The van der Waals surface area contributed by atoms with Gasteiger partial charge in [-0.05, 0) is 17.7 Å². The molecule has 0 unspecified atom stereocenters. The number of amides is 1. The Labute approximate surface area is 88.0 Å². The van der Waals surface area contributed by atoms with Crippen LogP contribution in [-0.2, 0) is 4.79 Å². The number of benzene rings is 1. The lowest BCUT2D eigenvalue weighted by molar-refractivity contribution is -0.153. The molecule has 1 N–H and O–H groups in total. The van der Waals surface area contributed by atoms with Gasteiger partial charge in [-0.25, -0.2) is 5.06 Å². The first-order valence-electron chi connectivity index (χ1n) is 4.04. The number of carbonyl (C=O) groups excluding carboxylic acids is 1. The molecule has 0 aromatic heterocycles. The van der Waals surface area contributed by atoms with Gasteiger partial charge in [0.2, 0.25) is 0 Å². The molecule has 3 nitrogen and oxygen atoms in total. The van der Waals surface area contributed by atoms with Gasteiger partial charge in [0, 0.05) is 18.0 Å². The quantitative estimate of drug-likeness (QED) is 0.338. The maximum atomic E-state index is 11.0. The Morgan fingerprint density at radius 2 is 2.14 bits per heavy atom. The summed E-state index contributed by atoms with van der Waals surface area (Å²) in [6, 6.07) is 7.38. The van der Waals surface area contributed by atoms with Crippen molar-refractivity contribution in [3.8, 4) is 0 Å². The number of likely N-dealkylation sites (N-methyl/N-ethyl adjacent to an activating group) is 1. The topological polar surface area (TPSA) is 40.5 Å². The van der Waals surface area contributed by atoms with Gasteiger partial charge in [0.15, 0.2) is 0 Å². The van der Waals surface area contributed by atoms with Gasteiger partial charge < -0.3 is 0 Å². The van der Waals surface area contributed by atoms with Gasteiger partial charge in [-0.2, -0.15) is 0 Å². The highest BCUT2D eigenvalue weighted by Crippen LogP contribution is 2.14. The van der Waals surface area contributed by atoms with E-state index in [0.717, 1.165) is 10.5 Å². The van der Waals surface area contributed by atoms with E-state index in [4.69, 9.17) is 5.21 Å². The van der Waals surface area contributed by atoms with Crippen LogP contribution in [-0.4, -0.2) is 23.2 Å². The number of carbonyl (C=O) groups is 1. The fourth-order valence-electron chi connectivity index (χ4n) is 0.897. The van der Waals surface area contributed by atoms with Crippen LogP contribution in [0, 0.1) is 0 Å². The molecule has 0 aliphatic heterocycles. The second kappa shape index (κ2) is 4.83. The zero-order valence-electron chi connectivity index (χ0n) is 7.71. The molecule has 0 spiro atoms. The zero-order valence-corrected chi connectivity index (χ0v) is 8.61. The predicted octanol–water partition coefficient (Wildman–Crippen LogP) is 1.84. The minimum Gasteiger partial charge on any atom is -0.286 e. The summed E-state index contributed by atoms with van der Waals surface area (Å²) >= 11 is 4.21. The van der Waals surface area contributed by atoms with E-state index in [1.807, 2.05) is 24.3 Å². The van der Waals surface area contributed by atoms with E-state index in [1.54, 1.807) is 6.08 Å². The molecule has 0 heterocycles. The third kappa shape index (κ3) is 2.90. The van der Waals surface area contributed by atoms with Crippen LogP contribution < -0.4 is 0 Å². The number of hydrogen-bond acceptors (Lipinski definition) is 3. The highest BCUT2D eigenvalue weighted by atomic mass is 32.1. The molecule has 0 aliphatic rings. The van der Waals surface area contributed by atoms with Crippen molar-refractivity contribution < 1.29 is 10.0 Å². The van der Waals surface area contributed by atoms with E-state index < -0.39 is 5.91 Å². The van der Waals surface area contributed by atoms with Gasteiger partial charge in [0.25, 0.3) is 5.91 Å². The van der Waals surface area contributed by atoms with Crippen LogP contribution in [0.3, 0.4) is 0 Å². The van der Waals surface area contributed by atoms with Crippen LogP contribution in [0.2, 0.25) is 0 Å². The second-order valence-corrected chi connectivity index (χ2v) is 3.24. The SMILES string of the molecule is CN(O)C(=O)/C=C/c1ccccc1S. The summed E-state index contributed by atoms with van der Waals surface area (Å²) in [6.45, 7) is 0. The van der Waals surface area contributed by atoms with Crippen molar-refractivity contribution in [1.29, 1.82) is 0 Å². The summed E-state index contributed by atoms with van der Waals surface area (Å²) < 4.78 is 0. The predicted molar refractivity (Wildman–Crippen MR) is 57.3 cm³/mol. The molecule has 0 aliphatic carbocycles. The van der Waals surface area contributed by atoms with Gasteiger partial charge in [-0.1, -0.05) is 18.2 Å². The maximum absolute atomic E-state index is 11.0. The van der Waals surface area contributed by atoms with E-state index in [-0.39, 0.29) is 0 Å².